The van der Waals surface area contributed by atoms with E-state index in [0.717, 1.165) is 37.7 Å². The van der Waals surface area contributed by atoms with Crippen LogP contribution in [0.3, 0.4) is 0 Å². The van der Waals surface area contributed by atoms with Crippen LogP contribution in [0.4, 0.5) is 5.82 Å². The third-order valence-corrected chi connectivity index (χ3v) is 3.31. The average Bonchev–Trinajstić information content (AvgIpc) is 2.39. The van der Waals surface area contributed by atoms with Gasteiger partial charge >= 0.3 is 0 Å². The lowest BCUT2D eigenvalue weighted by Gasteiger charge is -2.35. The zero-order valence-corrected chi connectivity index (χ0v) is 11.2. The van der Waals surface area contributed by atoms with Crippen molar-refractivity contribution in [1.29, 1.82) is 5.26 Å². The number of aromatic nitrogens is 1. The molecule has 1 aromatic rings. The van der Waals surface area contributed by atoms with Gasteiger partial charge < -0.3 is 4.90 Å². The minimum atomic E-state index is 0.702. The van der Waals surface area contributed by atoms with E-state index in [0.29, 0.717) is 5.56 Å². The molecule has 0 spiro atoms. The smallest absolute Gasteiger partial charge is 0.130 e. The van der Waals surface area contributed by atoms with Gasteiger partial charge in [0.15, 0.2) is 0 Å². The van der Waals surface area contributed by atoms with E-state index in [1.54, 1.807) is 0 Å². The fourth-order valence-corrected chi connectivity index (χ4v) is 2.39. The van der Waals surface area contributed by atoms with Crippen LogP contribution in [0.5, 0.6) is 0 Å². The lowest BCUT2D eigenvalue weighted by Crippen LogP contribution is -2.46. The molecule has 0 atom stereocenters. The zero-order chi connectivity index (χ0) is 13.0. The topological polar surface area (TPSA) is 43.2 Å². The first-order chi connectivity index (χ1) is 8.72. The van der Waals surface area contributed by atoms with Crippen LogP contribution < -0.4 is 4.90 Å². The third-order valence-electron chi connectivity index (χ3n) is 3.31. The molecule has 0 amide bonds. The highest BCUT2D eigenvalue weighted by Crippen LogP contribution is 2.16. The van der Waals surface area contributed by atoms with Crippen molar-refractivity contribution >= 4 is 5.82 Å². The molecule has 0 bridgehead atoms. The maximum atomic E-state index is 8.99. The van der Waals surface area contributed by atoms with Crippen molar-refractivity contribution in [2.45, 2.75) is 20.3 Å². The second-order valence-electron chi connectivity index (χ2n) is 4.80. The first kappa shape index (κ1) is 12.8. The largest absolute Gasteiger partial charge is 0.354 e. The summed E-state index contributed by atoms with van der Waals surface area (Å²) in [7, 11) is 0. The molecule has 0 aromatic carbocycles. The van der Waals surface area contributed by atoms with Crippen molar-refractivity contribution in [2.24, 2.45) is 0 Å². The van der Waals surface area contributed by atoms with E-state index in [9.17, 15) is 0 Å². The Hall–Kier alpha value is -1.60. The lowest BCUT2D eigenvalue weighted by molar-refractivity contribution is 0.258. The van der Waals surface area contributed by atoms with E-state index in [1.807, 2.05) is 19.1 Å². The van der Waals surface area contributed by atoms with Gasteiger partial charge in [-0.25, -0.2) is 4.98 Å². The summed E-state index contributed by atoms with van der Waals surface area (Å²) in [6, 6.07) is 5.92. The predicted molar refractivity (Wildman–Crippen MR) is 72.6 cm³/mol. The van der Waals surface area contributed by atoms with E-state index in [4.69, 9.17) is 5.26 Å². The molecule has 1 aliphatic rings. The van der Waals surface area contributed by atoms with Gasteiger partial charge in [0.05, 0.1) is 11.6 Å². The Kier molecular flexibility index (Phi) is 4.16. The van der Waals surface area contributed by atoms with Gasteiger partial charge in [-0.3, -0.25) is 4.90 Å². The Labute approximate surface area is 109 Å². The fraction of sp³-hybridized carbons (Fsp3) is 0.571. The summed E-state index contributed by atoms with van der Waals surface area (Å²) in [6.45, 7) is 9.52. The third kappa shape index (κ3) is 2.99. The summed E-state index contributed by atoms with van der Waals surface area (Å²) >= 11 is 0. The van der Waals surface area contributed by atoms with Gasteiger partial charge in [0.2, 0.25) is 0 Å². The maximum absolute atomic E-state index is 8.99. The standard InChI is InChI=1S/C14H20N4/c1-3-4-17-5-7-18(8-6-17)14-10-13(11-15)9-12(2)16-14/h9-10H,3-8H2,1-2H3. The highest BCUT2D eigenvalue weighted by molar-refractivity contribution is 5.46. The first-order valence-electron chi connectivity index (χ1n) is 6.59. The Bertz CT molecular complexity index is 442. The minimum absolute atomic E-state index is 0.702. The molecule has 2 rings (SSSR count). The Balaban J connectivity index is 2.05. The quantitative estimate of drug-likeness (QED) is 0.813. The Morgan fingerprint density at radius 3 is 2.61 bits per heavy atom. The molecule has 0 aliphatic carbocycles. The zero-order valence-electron chi connectivity index (χ0n) is 11.2. The molecule has 0 unspecified atom stereocenters. The van der Waals surface area contributed by atoms with Gasteiger partial charge in [-0.2, -0.15) is 5.26 Å². The van der Waals surface area contributed by atoms with E-state index in [-0.39, 0.29) is 0 Å². The summed E-state index contributed by atoms with van der Waals surface area (Å²) in [4.78, 5) is 9.29. The molecule has 4 nitrogen and oxygen atoms in total. The van der Waals surface area contributed by atoms with Gasteiger partial charge in [-0.05, 0) is 32.0 Å². The number of piperazine rings is 1. The van der Waals surface area contributed by atoms with Gasteiger partial charge in [-0.1, -0.05) is 6.92 Å². The van der Waals surface area contributed by atoms with E-state index >= 15 is 0 Å². The van der Waals surface area contributed by atoms with Crippen LogP contribution >= 0.6 is 0 Å². The van der Waals surface area contributed by atoms with Crippen molar-refractivity contribution < 1.29 is 0 Å². The molecular formula is C14H20N4. The monoisotopic (exact) mass is 244 g/mol. The van der Waals surface area contributed by atoms with Crippen LogP contribution in [0.15, 0.2) is 12.1 Å². The number of hydrogen-bond donors (Lipinski definition) is 0. The number of anilines is 1. The van der Waals surface area contributed by atoms with E-state index in [2.05, 4.69) is 27.8 Å². The molecule has 1 aromatic heterocycles. The van der Waals surface area contributed by atoms with Crippen LogP contribution in [0.25, 0.3) is 0 Å². The number of rotatable bonds is 3. The molecule has 1 aliphatic heterocycles. The molecule has 0 saturated carbocycles. The lowest BCUT2D eigenvalue weighted by atomic mass is 10.2. The average molecular weight is 244 g/mol. The molecule has 1 fully saturated rings. The van der Waals surface area contributed by atoms with Crippen LogP contribution in [0, 0.1) is 18.3 Å². The van der Waals surface area contributed by atoms with Crippen molar-refractivity contribution in [3.8, 4) is 6.07 Å². The van der Waals surface area contributed by atoms with E-state index in [1.165, 1.54) is 13.0 Å². The number of nitrogens with zero attached hydrogens (tertiary/aromatic N) is 4. The fourth-order valence-electron chi connectivity index (χ4n) is 2.39. The highest BCUT2D eigenvalue weighted by atomic mass is 15.3. The van der Waals surface area contributed by atoms with Crippen LogP contribution in [0.1, 0.15) is 24.6 Å². The molecule has 0 N–H and O–H groups in total. The summed E-state index contributed by atoms with van der Waals surface area (Å²) in [5.74, 6) is 0.947. The second-order valence-corrected chi connectivity index (χ2v) is 4.80. The molecule has 4 heteroatoms. The molecule has 2 heterocycles. The molecule has 96 valence electrons. The Morgan fingerprint density at radius 1 is 1.28 bits per heavy atom. The van der Waals surface area contributed by atoms with Gasteiger partial charge in [-0.15, -0.1) is 0 Å². The SMILES string of the molecule is CCCN1CCN(c2cc(C#N)cc(C)n2)CC1. The molecule has 0 radical (unpaired) electrons. The minimum Gasteiger partial charge on any atom is -0.354 e. The maximum Gasteiger partial charge on any atom is 0.130 e. The number of aryl methyl sites for hydroxylation is 1. The van der Waals surface area contributed by atoms with Gasteiger partial charge in [0, 0.05) is 31.9 Å². The molecular weight excluding hydrogens is 224 g/mol. The van der Waals surface area contributed by atoms with Crippen molar-refractivity contribution in [2.75, 3.05) is 37.6 Å². The van der Waals surface area contributed by atoms with Crippen molar-refractivity contribution in [1.82, 2.24) is 9.88 Å². The van der Waals surface area contributed by atoms with Crippen molar-refractivity contribution in [3.05, 3.63) is 23.4 Å². The predicted octanol–water partition coefficient (Wildman–Crippen LogP) is 1.79. The van der Waals surface area contributed by atoms with E-state index < -0.39 is 0 Å². The van der Waals surface area contributed by atoms with Crippen LogP contribution in [-0.2, 0) is 0 Å². The normalized spacial score (nSPS) is 16.6. The van der Waals surface area contributed by atoms with Crippen molar-refractivity contribution in [3.63, 3.8) is 0 Å². The highest BCUT2D eigenvalue weighted by Gasteiger charge is 2.17. The number of hydrogen-bond acceptors (Lipinski definition) is 4. The van der Waals surface area contributed by atoms with Gasteiger partial charge in [0.25, 0.3) is 0 Å². The first-order valence-corrected chi connectivity index (χ1v) is 6.59. The van der Waals surface area contributed by atoms with Crippen LogP contribution in [-0.4, -0.2) is 42.6 Å². The number of pyridine rings is 1. The summed E-state index contributed by atoms with van der Waals surface area (Å²) in [6.07, 6.45) is 1.21. The second kappa shape index (κ2) is 5.83. The number of nitriles is 1. The molecule has 18 heavy (non-hydrogen) atoms. The summed E-state index contributed by atoms with van der Waals surface area (Å²) < 4.78 is 0. The summed E-state index contributed by atoms with van der Waals surface area (Å²) in [5.41, 5.74) is 1.62. The van der Waals surface area contributed by atoms with Gasteiger partial charge in [0.1, 0.15) is 5.82 Å². The summed E-state index contributed by atoms with van der Waals surface area (Å²) in [5, 5.41) is 8.99. The van der Waals surface area contributed by atoms with Crippen LogP contribution in [0.2, 0.25) is 0 Å². The Morgan fingerprint density at radius 2 is 2.00 bits per heavy atom. The molecule has 1 saturated heterocycles.